The summed E-state index contributed by atoms with van der Waals surface area (Å²) >= 11 is 1.37. The van der Waals surface area contributed by atoms with Gasteiger partial charge in [0.05, 0.1) is 7.11 Å². The van der Waals surface area contributed by atoms with Crippen molar-refractivity contribution in [2.75, 3.05) is 7.11 Å². The maximum absolute atomic E-state index is 11.6. The van der Waals surface area contributed by atoms with E-state index in [4.69, 9.17) is 4.74 Å². The van der Waals surface area contributed by atoms with E-state index in [9.17, 15) is 9.90 Å². The van der Waals surface area contributed by atoms with Gasteiger partial charge in [-0.25, -0.2) is 0 Å². The van der Waals surface area contributed by atoms with Crippen LogP contribution in [0.25, 0.3) is 0 Å². The molecule has 0 unspecified atom stereocenters. The van der Waals surface area contributed by atoms with E-state index < -0.39 is 11.2 Å². The van der Waals surface area contributed by atoms with Crippen molar-refractivity contribution in [3.05, 3.63) is 59.2 Å². The van der Waals surface area contributed by atoms with Gasteiger partial charge >= 0.3 is 5.97 Å². The fraction of sp³-hybridized carbons (Fsp3) is 0.278. The molecular formula is C18H20O3S. The number of methoxy groups -OCH3 is 1. The summed E-state index contributed by atoms with van der Waals surface area (Å²) in [5, 5.41) is 8.98. The van der Waals surface area contributed by atoms with Crippen molar-refractivity contribution in [1.29, 1.82) is 0 Å². The number of rotatable bonds is 6. The normalized spacial score (nSPS) is 12.0. The van der Waals surface area contributed by atoms with Gasteiger partial charge in [-0.1, -0.05) is 35.4 Å². The Morgan fingerprint density at radius 2 is 1.77 bits per heavy atom. The molecule has 0 aliphatic carbocycles. The van der Waals surface area contributed by atoms with Gasteiger partial charge in [0.2, 0.25) is 0 Å². The number of carbonyl (C=O) groups is 1. The number of benzene rings is 2. The summed E-state index contributed by atoms with van der Waals surface area (Å²) in [4.78, 5) is 12.6. The van der Waals surface area contributed by atoms with E-state index >= 15 is 0 Å². The van der Waals surface area contributed by atoms with E-state index in [2.05, 4.69) is 0 Å². The Hall–Kier alpha value is -1.94. The van der Waals surface area contributed by atoms with E-state index in [1.165, 1.54) is 11.8 Å². The van der Waals surface area contributed by atoms with Crippen molar-refractivity contribution < 1.29 is 14.6 Å². The van der Waals surface area contributed by atoms with Crippen molar-refractivity contribution in [1.82, 2.24) is 0 Å². The molecule has 0 spiro atoms. The predicted molar refractivity (Wildman–Crippen MR) is 89.9 cm³/mol. The molecule has 0 aliphatic heterocycles. The number of aryl methyl sites for hydroxylation is 2. The molecule has 2 aromatic rings. The molecule has 0 amide bonds. The molecule has 0 bridgehead atoms. The molecule has 22 heavy (non-hydrogen) atoms. The highest BCUT2D eigenvalue weighted by Crippen LogP contribution is 2.29. The second-order valence-electron chi connectivity index (χ2n) is 5.28. The second kappa shape index (κ2) is 7.36. The molecule has 4 heteroatoms. The molecule has 3 nitrogen and oxygen atoms in total. The summed E-state index contributed by atoms with van der Waals surface area (Å²) in [6.07, 6.45) is 0.429. The Kier molecular flexibility index (Phi) is 5.50. The molecule has 0 radical (unpaired) electrons. The highest BCUT2D eigenvalue weighted by molar-refractivity contribution is 8.00. The topological polar surface area (TPSA) is 46.5 Å². The fourth-order valence-corrected chi connectivity index (χ4v) is 3.21. The lowest BCUT2D eigenvalue weighted by atomic mass is 10.1. The van der Waals surface area contributed by atoms with Crippen LogP contribution in [0.5, 0.6) is 5.75 Å². The Bertz CT molecular complexity index is 650. The summed E-state index contributed by atoms with van der Waals surface area (Å²) in [5.41, 5.74) is 3.19. The summed E-state index contributed by atoms with van der Waals surface area (Å²) in [5.74, 6) is -0.0736. The average Bonchev–Trinajstić information content (AvgIpc) is 2.49. The number of ether oxygens (including phenoxy) is 1. The van der Waals surface area contributed by atoms with Crippen molar-refractivity contribution in [3.63, 3.8) is 0 Å². The van der Waals surface area contributed by atoms with E-state index in [1.54, 1.807) is 7.11 Å². The van der Waals surface area contributed by atoms with Gasteiger partial charge in [0.1, 0.15) is 11.0 Å². The smallest absolute Gasteiger partial charge is 0.317 e. The molecular weight excluding hydrogens is 296 g/mol. The van der Waals surface area contributed by atoms with Gasteiger partial charge in [0.15, 0.2) is 0 Å². The van der Waals surface area contributed by atoms with Crippen LogP contribution in [0.4, 0.5) is 0 Å². The molecule has 1 N–H and O–H groups in total. The number of carboxylic acids is 1. The van der Waals surface area contributed by atoms with Crippen LogP contribution in [0, 0.1) is 13.8 Å². The van der Waals surface area contributed by atoms with E-state index in [0.717, 1.165) is 27.3 Å². The quantitative estimate of drug-likeness (QED) is 0.815. The van der Waals surface area contributed by atoms with Crippen LogP contribution in [-0.2, 0) is 11.2 Å². The molecule has 2 aromatic carbocycles. The van der Waals surface area contributed by atoms with Gasteiger partial charge in [0, 0.05) is 4.90 Å². The molecule has 0 aliphatic rings. The number of hydrogen-bond acceptors (Lipinski definition) is 3. The Balaban J connectivity index is 2.20. The summed E-state index contributed by atoms with van der Waals surface area (Å²) in [6.45, 7) is 4.01. The SMILES string of the molecule is COc1ccc(C)cc1C[C@@H](Sc1ccc(C)cc1)C(=O)O. The maximum atomic E-state index is 11.6. The minimum absolute atomic E-state index is 0.429. The molecule has 116 valence electrons. The van der Waals surface area contributed by atoms with Crippen LogP contribution in [0.2, 0.25) is 0 Å². The van der Waals surface area contributed by atoms with Gasteiger partial charge in [-0.05, 0) is 44.0 Å². The Morgan fingerprint density at radius 1 is 1.14 bits per heavy atom. The van der Waals surface area contributed by atoms with Crippen molar-refractivity contribution in [2.24, 2.45) is 0 Å². The third-order valence-electron chi connectivity index (χ3n) is 3.42. The van der Waals surface area contributed by atoms with Crippen LogP contribution in [0.15, 0.2) is 47.4 Å². The largest absolute Gasteiger partial charge is 0.496 e. The van der Waals surface area contributed by atoms with Gasteiger partial charge in [-0.15, -0.1) is 11.8 Å². The first-order chi connectivity index (χ1) is 10.5. The highest BCUT2D eigenvalue weighted by Gasteiger charge is 2.21. The Morgan fingerprint density at radius 3 is 2.36 bits per heavy atom. The third kappa shape index (κ3) is 4.28. The highest BCUT2D eigenvalue weighted by atomic mass is 32.2. The fourth-order valence-electron chi connectivity index (χ4n) is 2.23. The van der Waals surface area contributed by atoms with Crippen LogP contribution in [-0.4, -0.2) is 23.4 Å². The molecule has 2 rings (SSSR count). The zero-order chi connectivity index (χ0) is 16.1. The van der Waals surface area contributed by atoms with Crippen LogP contribution in [0.3, 0.4) is 0 Å². The first kappa shape index (κ1) is 16.4. The zero-order valence-corrected chi connectivity index (χ0v) is 13.8. The molecule has 0 heterocycles. The summed E-state index contributed by atoms with van der Waals surface area (Å²) in [6, 6.07) is 13.8. The first-order valence-electron chi connectivity index (χ1n) is 7.09. The standard InChI is InChI=1S/C18H20O3S/c1-12-4-7-15(8-5-12)22-17(18(19)20)11-14-10-13(2)6-9-16(14)21-3/h4-10,17H,11H2,1-3H3,(H,19,20)/t17-/m1/s1. The lowest BCUT2D eigenvalue weighted by molar-refractivity contribution is -0.136. The predicted octanol–water partition coefficient (Wildman–Crippen LogP) is 4.10. The number of carboxylic acid groups (broad SMARTS) is 1. The first-order valence-corrected chi connectivity index (χ1v) is 7.97. The molecule has 0 saturated heterocycles. The number of aliphatic carboxylic acids is 1. The third-order valence-corrected chi connectivity index (χ3v) is 4.61. The van der Waals surface area contributed by atoms with Crippen molar-refractivity contribution in [2.45, 2.75) is 30.4 Å². The number of hydrogen-bond donors (Lipinski definition) is 1. The van der Waals surface area contributed by atoms with Crippen LogP contribution >= 0.6 is 11.8 Å². The van der Waals surface area contributed by atoms with Gasteiger partial charge in [-0.3, -0.25) is 4.79 Å². The zero-order valence-electron chi connectivity index (χ0n) is 13.0. The lowest BCUT2D eigenvalue weighted by Gasteiger charge is -2.15. The lowest BCUT2D eigenvalue weighted by Crippen LogP contribution is -2.19. The molecule has 0 aromatic heterocycles. The van der Waals surface area contributed by atoms with Gasteiger partial charge in [0.25, 0.3) is 0 Å². The second-order valence-corrected chi connectivity index (χ2v) is 6.55. The van der Waals surface area contributed by atoms with Crippen LogP contribution in [0.1, 0.15) is 16.7 Å². The van der Waals surface area contributed by atoms with E-state index in [-0.39, 0.29) is 0 Å². The molecule has 1 atom stereocenters. The molecule has 0 fully saturated rings. The summed E-state index contributed by atoms with van der Waals surface area (Å²) in [7, 11) is 1.61. The van der Waals surface area contributed by atoms with Crippen LogP contribution < -0.4 is 4.74 Å². The average molecular weight is 316 g/mol. The minimum atomic E-state index is -0.811. The summed E-state index contributed by atoms with van der Waals surface area (Å²) < 4.78 is 5.34. The monoisotopic (exact) mass is 316 g/mol. The molecule has 0 saturated carbocycles. The van der Waals surface area contributed by atoms with E-state index in [1.807, 2.05) is 56.3 Å². The van der Waals surface area contributed by atoms with E-state index in [0.29, 0.717) is 6.42 Å². The Labute approximate surface area is 135 Å². The number of thioether (sulfide) groups is 1. The maximum Gasteiger partial charge on any atom is 0.317 e. The van der Waals surface area contributed by atoms with Crippen molar-refractivity contribution in [3.8, 4) is 5.75 Å². The van der Waals surface area contributed by atoms with Crippen molar-refractivity contribution >= 4 is 17.7 Å². The minimum Gasteiger partial charge on any atom is -0.496 e. The van der Waals surface area contributed by atoms with Gasteiger partial charge in [-0.2, -0.15) is 0 Å². The van der Waals surface area contributed by atoms with Gasteiger partial charge < -0.3 is 9.84 Å².